The maximum Gasteiger partial charge on any atom is 0.261 e. The highest BCUT2D eigenvalue weighted by molar-refractivity contribution is 8.13. The van der Waals surface area contributed by atoms with Gasteiger partial charge in [0, 0.05) is 23.6 Å². The van der Waals surface area contributed by atoms with E-state index in [1.807, 2.05) is 13.8 Å². The molecule has 1 aromatic carbocycles. The summed E-state index contributed by atoms with van der Waals surface area (Å²) in [5.74, 6) is 0.434. The minimum Gasteiger partial charge on any atom is -0.356 e. The molecule has 1 aromatic rings. The minimum atomic E-state index is -3.65. The minimum absolute atomic E-state index is 0.0728. The predicted molar refractivity (Wildman–Crippen MR) is 80.3 cm³/mol. The average molecular weight is 318 g/mol. The number of rotatable bonds is 7. The van der Waals surface area contributed by atoms with Gasteiger partial charge in [-0.1, -0.05) is 26.0 Å². The molecule has 0 unspecified atom stereocenters. The summed E-state index contributed by atoms with van der Waals surface area (Å²) in [7, 11) is 1.59. The lowest BCUT2D eigenvalue weighted by atomic mass is 10.1. The van der Waals surface area contributed by atoms with E-state index in [0.29, 0.717) is 18.9 Å². The molecule has 0 radical (unpaired) electrons. The van der Waals surface area contributed by atoms with Crippen molar-refractivity contribution in [3.05, 3.63) is 29.8 Å². The lowest BCUT2D eigenvalue weighted by Crippen LogP contribution is -2.25. The Morgan fingerprint density at radius 2 is 1.85 bits per heavy atom. The van der Waals surface area contributed by atoms with E-state index in [2.05, 4.69) is 5.32 Å². The van der Waals surface area contributed by atoms with Crippen LogP contribution in [0.1, 0.15) is 32.3 Å². The molecule has 0 aromatic heterocycles. The van der Waals surface area contributed by atoms with Crippen molar-refractivity contribution in [2.75, 3.05) is 6.54 Å². The Kier molecular flexibility index (Phi) is 6.49. The van der Waals surface area contributed by atoms with Gasteiger partial charge in [0.25, 0.3) is 9.05 Å². The van der Waals surface area contributed by atoms with Crippen molar-refractivity contribution in [3.8, 4) is 0 Å². The number of carbonyl (C=O) groups excluding carboxylic acids is 1. The maximum absolute atomic E-state index is 11.4. The number of carbonyl (C=O) groups is 1. The lowest BCUT2D eigenvalue weighted by molar-refractivity contribution is -0.121. The highest BCUT2D eigenvalue weighted by atomic mass is 35.7. The first kappa shape index (κ1) is 17.0. The van der Waals surface area contributed by atoms with Gasteiger partial charge in [-0.05, 0) is 36.5 Å². The Balaban J connectivity index is 2.34. The Morgan fingerprint density at radius 3 is 2.35 bits per heavy atom. The fraction of sp³-hybridized carbons (Fsp3) is 0.500. The monoisotopic (exact) mass is 317 g/mol. The van der Waals surface area contributed by atoms with E-state index >= 15 is 0 Å². The molecule has 1 rings (SSSR count). The molecule has 0 bridgehead atoms. The smallest absolute Gasteiger partial charge is 0.261 e. The summed E-state index contributed by atoms with van der Waals surface area (Å²) >= 11 is 0. The van der Waals surface area contributed by atoms with Gasteiger partial charge in [-0.3, -0.25) is 4.79 Å². The molecule has 0 aliphatic heterocycles. The molecule has 4 nitrogen and oxygen atoms in total. The number of hydrogen-bond acceptors (Lipinski definition) is 3. The molecule has 0 atom stereocenters. The number of halogens is 1. The second kappa shape index (κ2) is 7.64. The summed E-state index contributed by atoms with van der Waals surface area (Å²) in [6, 6.07) is 6.47. The highest BCUT2D eigenvalue weighted by Gasteiger charge is 2.09. The van der Waals surface area contributed by atoms with Gasteiger partial charge in [-0.2, -0.15) is 0 Å². The van der Waals surface area contributed by atoms with Crippen LogP contribution >= 0.6 is 10.7 Å². The molecule has 1 N–H and O–H groups in total. The number of benzene rings is 1. The second-order valence-electron chi connectivity index (χ2n) is 5.13. The topological polar surface area (TPSA) is 63.2 Å². The molecule has 112 valence electrons. The van der Waals surface area contributed by atoms with Crippen LogP contribution in [0.15, 0.2) is 29.2 Å². The summed E-state index contributed by atoms with van der Waals surface area (Å²) in [6.07, 6.45) is 2.14. The van der Waals surface area contributed by atoms with E-state index in [1.54, 1.807) is 12.1 Å². The van der Waals surface area contributed by atoms with Crippen LogP contribution in [-0.4, -0.2) is 20.9 Å². The summed E-state index contributed by atoms with van der Waals surface area (Å²) in [5, 5.41) is 2.86. The van der Waals surface area contributed by atoms with E-state index < -0.39 is 9.05 Å². The van der Waals surface area contributed by atoms with Crippen LogP contribution in [0.5, 0.6) is 0 Å². The van der Waals surface area contributed by atoms with Crippen molar-refractivity contribution in [3.63, 3.8) is 0 Å². The number of aryl methyl sites for hydroxylation is 1. The van der Waals surface area contributed by atoms with Crippen molar-refractivity contribution in [1.82, 2.24) is 5.32 Å². The molecular formula is C14H20ClNO3S. The third kappa shape index (κ3) is 6.39. The van der Waals surface area contributed by atoms with E-state index in [-0.39, 0.29) is 10.8 Å². The largest absolute Gasteiger partial charge is 0.356 e. The van der Waals surface area contributed by atoms with Crippen molar-refractivity contribution < 1.29 is 13.2 Å². The van der Waals surface area contributed by atoms with Crippen molar-refractivity contribution in [2.24, 2.45) is 5.92 Å². The molecule has 0 aliphatic carbocycles. The Bertz CT molecular complexity index is 538. The van der Waals surface area contributed by atoms with Crippen LogP contribution < -0.4 is 5.32 Å². The Hall–Kier alpha value is -1.07. The average Bonchev–Trinajstić information content (AvgIpc) is 2.33. The zero-order valence-electron chi connectivity index (χ0n) is 11.7. The van der Waals surface area contributed by atoms with Gasteiger partial charge in [0.05, 0.1) is 4.90 Å². The SMILES string of the molecule is CC(C)CC(=O)NCCCc1ccc(S(=O)(=O)Cl)cc1. The van der Waals surface area contributed by atoms with E-state index in [9.17, 15) is 13.2 Å². The quantitative estimate of drug-likeness (QED) is 0.621. The predicted octanol–water partition coefficient (Wildman–Crippen LogP) is 2.71. The summed E-state index contributed by atoms with van der Waals surface area (Å²) in [4.78, 5) is 11.5. The molecule has 0 saturated carbocycles. The van der Waals surface area contributed by atoms with Gasteiger partial charge < -0.3 is 5.32 Å². The zero-order valence-corrected chi connectivity index (χ0v) is 13.3. The molecule has 20 heavy (non-hydrogen) atoms. The molecular weight excluding hydrogens is 298 g/mol. The van der Waals surface area contributed by atoms with Gasteiger partial charge in [-0.15, -0.1) is 0 Å². The lowest BCUT2D eigenvalue weighted by Gasteiger charge is -2.07. The first-order valence-electron chi connectivity index (χ1n) is 6.59. The molecule has 1 amide bonds. The third-order valence-electron chi connectivity index (χ3n) is 2.76. The standard InChI is InChI=1S/C14H20ClNO3S/c1-11(2)10-14(17)16-9-3-4-12-5-7-13(8-6-12)20(15,18)19/h5-8,11H,3-4,9-10H2,1-2H3,(H,16,17). The maximum atomic E-state index is 11.4. The first-order valence-corrected chi connectivity index (χ1v) is 8.90. The normalized spacial score (nSPS) is 11.6. The summed E-state index contributed by atoms with van der Waals surface area (Å²) < 4.78 is 22.2. The van der Waals surface area contributed by atoms with Crippen molar-refractivity contribution >= 4 is 25.6 Å². The molecule has 0 saturated heterocycles. The Morgan fingerprint density at radius 1 is 1.25 bits per heavy atom. The van der Waals surface area contributed by atoms with Crippen LogP contribution in [0.3, 0.4) is 0 Å². The zero-order chi connectivity index (χ0) is 15.2. The first-order chi connectivity index (χ1) is 9.29. The molecule has 0 heterocycles. The number of nitrogens with one attached hydrogen (secondary N) is 1. The van der Waals surface area contributed by atoms with E-state index in [4.69, 9.17) is 10.7 Å². The van der Waals surface area contributed by atoms with Gasteiger partial charge in [-0.25, -0.2) is 8.42 Å². The van der Waals surface area contributed by atoms with Crippen LogP contribution in [0, 0.1) is 5.92 Å². The van der Waals surface area contributed by atoms with Crippen LogP contribution in [-0.2, 0) is 20.3 Å². The molecule has 6 heteroatoms. The second-order valence-corrected chi connectivity index (χ2v) is 7.70. The van der Waals surface area contributed by atoms with Crippen LogP contribution in [0.2, 0.25) is 0 Å². The van der Waals surface area contributed by atoms with E-state index in [0.717, 1.165) is 18.4 Å². The third-order valence-corrected chi connectivity index (χ3v) is 4.13. The van der Waals surface area contributed by atoms with Crippen molar-refractivity contribution in [1.29, 1.82) is 0 Å². The fourth-order valence-corrected chi connectivity index (χ4v) is 2.55. The van der Waals surface area contributed by atoms with Gasteiger partial charge in [0.1, 0.15) is 0 Å². The van der Waals surface area contributed by atoms with Gasteiger partial charge >= 0.3 is 0 Å². The highest BCUT2D eigenvalue weighted by Crippen LogP contribution is 2.15. The number of amides is 1. The molecule has 0 fully saturated rings. The fourth-order valence-electron chi connectivity index (χ4n) is 1.78. The molecule has 0 aliphatic rings. The summed E-state index contributed by atoms with van der Waals surface area (Å²) in [5.41, 5.74) is 1.02. The summed E-state index contributed by atoms with van der Waals surface area (Å²) in [6.45, 7) is 4.64. The van der Waals surface area contributed by atoms with Crippen molar-refractivity contribution in [2.45, 2.75) is 38.0 Å². The van der Waals surface area contributed by atoms with E-state index in [1.165, 1.54) is 12.1 Å². The Labute approximate surface area is 124 Å². The molecule has 0 spiro atoms. The van der Waals surface area contributed by atoms with Gasteiger partial charge in [0.15, 0.2) is 0 Å². The van der Waals surface area contributed by atoms with Gasteiger partial charge in [0.2, 0.25) is 5.91 Å². The van der Waals surface area contributed by atoms with Crippen LogP contribution in [0.25, 0.3) is 0 Å². The van der Waals surface area contributed by atoms with Crippen LogP contribution in [0.4, 0.5) is 0 Å². The number of hydrogen-bond donors (Lipinski definition) is 1.